The zero-order chi connectivity index (χ0) is 19.6. The minimum atomic E-state index is -3.55. The minimum Gasteiger partial charge on any atom is -0.274 e. The number of imide groups is 1. The third-order valence-electron chi connectivity index (χ3n) is 4.60. The molecule has 1 heterocycles. The highest BCUT2D eigenvalue weighted by Crippen LogP contribution is 2.23. The molecule has 1 aromatic rings. The molecule has 3 rings (SSSR count). The van der Waals surface area contributed by atoms with Crippen LogP contribution in [0.2, 0.25) is 0 Å². The molecule has 0 fully saturated rings. The van der Waals surface area contributed by atoms with E-state index in [0.717, 1.165) is 4.90 Å². The van der Waals surface area contributed by atoms with Gasteiger partial charge in [0.15, 0.2) is 9.84 Å². The fourth-order valence-electron chi connectivity index (χ4n) is 3.10. The lowest BCUT2D eigenvalue weighted by molar-refractivity contribution is -0.508. The molecule has 0 bridgehead atoms. The predicted molar refractivity (Wildman–Crippen MR) is 97.5 cm³/mol. The van der Waals surface area contributed by atoms with Crippen molar-refractivity contribution in [2.24, 2.45) is 0 Å². The van der Waals surface area contributed by atoms with Crippen LogP contribution in [0.4, 0.5) is 0 Å². The number of sulfone groups is 1. The second-order valence-electron chi connectivity index (χ2n) is 6.39. The van der Waals surface area contributed by atoms with E-state index >= 15 is 0 Å². The number of hydrogen-bond donors (Lipinski definition) is 0. The number of nitrogens with zero attached hydrogens (tertiary/aromatic N) is 2. The molecule has 0 radical (unpaired) electrons. The molecule has 2 aliphatic rings. The first-order valence-electron chi connectivity index (χ1n) is 8.51. The van der Waals surface area contributed by atoms with Gasteiger partial charge in [0.2, 0.25) is 6.04 Å². The van der Waals surface area contributed by atoms with E-state index in [0.29, 0.717) is 17.5 Å². The molecule has 1 aromatic carbocycles. The lowest BCUT2D eigenvalue weighted by Crippen LogP contribution is -2.31. The maximum Gasteiger partial charge on any atom is 0.261 e. The Kier molecular flexibility index (Phi) is 5.22. The quantitative estimate of drug-likeness (QED) is 0.304. The Morgan fingerprint density at radius 3 is 2.26 bits per heavy atom. The molecule has 1 atom stereocenters. The van der Waals surface area contributed by atoms with Crippen molar-refractivity contribution in [1.82, 2.24) is 4.90 Å². The van der Waals surface area contributed by atoms with Gasteiger partial charge in [0.1, 0.15) is 0 Å². The van der Waals surface area contributed by atoms with E-state index in [2.05, 4.69) is 0 Å². The molecule has 2 amide bonds. The summed E-state index contributed by atoms with van der Waals surface area (Å²) >= 11 is 0. The number of fused-ring (bicyclic) bond motifs is 1. The number of allylic oxidation sites excluding steroid dienone is 1. The molecule has 8 nitrogen and oxygen atoms in total. The van der Waals surface area contributed by atoms with Crippen molar-refractivity contribution in [2.75, 3.05) is 12.3 Å². The smallest absolute Gasteiger partial charge is 0.261 e. The summed E-state index contributed by atoms with van der Waals surface area (Å²) in [6, 6.07) is 5.68. The molecular formula is C18H18N2O6S. The number of nitro groups is 1. The second kappa shape index (κ2) is 7.43. The molecule has 142 valence electrons. The summed E-state index contributed by atoms with van der Waals surface area (Å²) in [6.45, 7) is 0.153. The summed E-state index contributed by atoms with van der Waals surface area (Å²) in [7, 11) is -3.55. The van der Waals surface area contributed by atoms with E-state index < -0.39 is 20.8 Å². The molecule has 9 heteroatoms. The van der Waals surface area contributed by atoms with Crippen LogP contribution in [0.1, 0.15) is 40.0 Å². The van der Waals surface area contributed by atoms with Gasteiger partial charge < -0.3 is 0 Å². The Bertz CT molecular complexity index is 929. The Morgan fingerprint density at radius 2 is 1.74 bits per heavy atom. The van der Waals surface area contributed by atoms with Crippen LogP contribution in [-0.4, -0.2) is 48.4 Å². The number of benzene rings is 1. The van der Waals surface area contributed by atoms with Gasteiger partial charge in [-0.15, -0.1) is 0 Å². The molecule has 1 unspecified atom stereocenters. The zero-order valence-electron chi connectivity index (χ0n) is 14.4. The largest absolute Gasteiger partial charge is 0.274 e. The molecule has 0 N–H and O–H groups in total. The van der Waals surface area contributed by atoms with Crippen molar-refractivity contribution in [3.63, 3.8) is 0 Å². The van der Waals surface area contributed by atoms with Gasteiger partial charge >= 0.3 is 0 Å². The Labute approximate surface area is 156 Å². The van der Waals surface area contributed by atoms with Gasteiger partial charge in [-0.05, 0) is 37.1 Å². The highest BCUT2D eigenvalue weighted by atomic mass is 32.2. The van der Waals surface area contributed by atoms with Gasteiger partial charge in [-0.1, -0.05) is 18.2 Å². The SMILES string of the molecule is O=C1c2ccccc2C(=O)N1CCCCS(=O)(=O)C1=CCC([N+](=O)[O-])C=C1. The summed E-state index contributed by atoms with van der Waals surface area (Å²) in [4.78, 5) is 36.0. The number of hydrogen-bond acceptors (Lipinski definition) is 6. The first-order valence-corrected chi connectivity index (χ1v) is 10.2. The van der Waals surface area contributed by atoms with E-state index in [4.69, 9.17) is 0 Å². The summed E-state index contributed by atoms with van der Waals surface area (Å²) in [6.07, 6.45) is 4.61. The Morgan fingerprint density at radius 1 is 1.11 bits per heavy atom. The zero-order valence-corrected chi connectivity index (χ0v) is 15.2. The summed E-state index contributed by atoms with van der Waals surface area (Å²) in [5, 5.41) is 10.7. The number of rotatable bonds is 7. The van der Waals surface area contributed by atoms with Crippen molar-refractivity contribution >= 4 is 21.7 Å². The van der Waals surface area contributed by atoms with Gasteiger partial charge in [0, 0.05) is 17.9 Å². The fraction of sp³-hybridized carbons (Fsp3) is 0.333. The minimum absolute atomic E-state index is 0.0487. The van der Waals surface area contributed by atoms with Crippen LogP contribution in [-0.2, 0) is 9.84 Å². The van der Waals surface area contributed by atoms with Crippen molar-refractivity contribution in [2.45, 2.75) is 25.3 Å². The average Bonchev–Trinajstić information content (AvgIpc) is 2.90. The third-order valence-corrected chi connectivity index (χ3v) is 6.44. The summed E-state index contributed by atoms with van der Waals surface area (Å²) < 4.78 is 24.7. The van der Waals surface area contributed by atoms with Gasteiger partial charge in [0.25, 0.3) is 11.8 Å². The van der Waals surface area contributed by atoms with Gasteiger partial charge in [-0.2, -0.15) is 0 Å². The first-order chi connectivity index (χ1) is 12.8. The van der Waals surface area contributed by atoms with Gasteiger partial charge in [-0.3, -0.25) is 24.6 Å². The van der Waals surface area contributed by atoms with Crippen LogP contribution >= 0.6 is 0 Å². The fourth-order valence-corrected chi connectivity index (χ4v) is 4.55. The van der Waals surface area contributed by atoms with Gasteiger partial charge in [-0.25, -0.2) is 8.42 Å². The standard InChI is InChI=1S/C18H18N2O6S/c21-17-15-5-1-2-6-16(15)18(22)19(17)11-3-4-12-27(25,26)14-9-7-13(8-10-14)20(23)24/h1-2,5-7,9-10,13H,3-4,8,11-12H2. The summed E-state index contributed by atoms with van der Waals surface area (Å²) in [5.41, 5.74) is 0.737. The van der Waals surface area contributed by atoms with E-state index in [1.807, 2.05) is 0 Å². The predicted octanol–water partition coefficient (Wildman–Crippen LogP) is 1.97. The van der Waals surface area contributed by atoms with E-state index in [9.17, 15) is 28.1 Å². The van der Waals surface area contributed by atoms with E-state index in [1.54, 1.807) is 24.3 Å². The molecule has 0 saturated heterocycles. The molecule has 1 aliphatic heterocycles. The van der Waals surface area contributed by atoms with Crippen molar-refractivity contribution in [3.05, 3.63) is 68.6 Å². The molecule has 0 aromatic heterocycles. The molecular weight excluding hydrogens is 372 g/mol. The van der Waals surface area contributed by atoms with Crippen molar-refractivity contribution in [1.29, 1.82) is 0 Å². The van der Waals surface area contributed by atoms with E-state index in [1.165, 1.54) is 18.2 Å². The highest BCUT2D eigenvalue weighted by Gasteiger charge is 2.34. The van der Waals surface area contributed by atoms with Crippen LogP contribution < -0.4 is 0 Å². The maximum absolute atomic E-state index is 12.3. The normalized spacial score (nSPS) is 19.2. The van der Waals surface area contributed by atoms with Crippen LogP contribution in [0.5, 0.6) is 0 Å². The molecule has 0 spiro atoms. The highest BCUT2D eigenvalue weighted by molar-refractivity contribution is 7.95. The second-order valence-corrected chi connectivity index (χ2v) is 8.50. The molecule has 27 heavy (non-hydrogen) atoms. The van der Waals surface area contributed by atoms with Gasteiger partial charge in [0.05, 0.1) is 21.8 Å². The van der Waals surface area contributed by atoms with Crippen LogP contribution in [0.3, 0.4) is 0 Å². The summed E-state index contributed by atoms with van der Waals surface area (Å²) in [5.74, 6) is -0.862. The topological polar surface area (TPSA) is 115 Å². The Balaban J connectivity index is 1.52. The number of carbonyl (C=O) groups excluding carboxylic acids is 2. The molecule has 1 aliphatic carbocycles. The van der Waals surface area contributed by atoms with Crippen molar-refractivity contribution < 1.29 is 22.9 Å². The lowest BCUT2D eigenvalue weighted by Gasteiger charge is -2.14. The van der Waals surface area contributed by atoms with Crippen LogP contribution in [0.15, 0.2) is 47.4 Å². The number of amides is 2. The third kappa shape index (κ3) is 3.82. The average molecular weight is 390 g/mol. The Hall–Kier alpha value is -2.81. The van der Waals surface area contributed by atoms with Crippen LogP contribution in [0, 0.1) is 10.1 Å². The monoisotopic (exact) mass is 390 g/mol. The first kappa shape index (κ1) is 19.0. The molecule has 0 saturated carbocycles. The lowest BCUT2D eigenvalue weighted by atomic mass is 10.1. The number of unbranched alkanes of at least 4 members (excludes halogenated alkanes) is 1. The number of carbonyl (C=O) groups is 2. The maximum atomic E-state index is 12.3. The van der Waals surface area contributed by atoms with Crippen molar-refractivity contribution in [3.8, 4) is 0 Å². The van der Waals surface area contributed by atoms with Crippen LogP contribution in [0.25, 0.3) is 0 Å². The van der Waals surface area contributed by atoms with E-state index in [-0.39, 0.29) is 41.9 Å².